The van der Waals surface area contributed by atoms with Gasteiger partial charge in [0.05, 0.1) is 13.2 Å². The van der Waals surface area contributed by atoms with Crippen molar-refractivity contribution >= 4 is 11.9 Å². The van der Waals surface area contributed by atoms with Crippen LogP contribution in [0.15, 0.2) is 18.2 Å². The molecule has 6 nitrogen and oxygen atoms in total. The zero-order valence-electron chi connectivity index (χ0n) is 13.9. The molecule has 1 atom stereocenters. The Kier molecular flexibility index (Phi) is 7.03. The number of unbranched alkanes of at least 4 members (excludes halogenated alkanes) is 1. The van der Waals surface area contributed by atoms with Crippen LogP contribution in [0.4, 0.5) is 0 Å². The van der Waals surface area contributed by atoms with Crippen molar-refractivity contribution in [3.8, 4) is 5.75 Å². The number of carbonyl (C=O) groups excluding carboxylic acids is 1. The van der Waals surface area contributed by atoms with E-state index in [1.807, 2.05) is 32.0 Å². The minimum atomic E-state index is -1.94. The van der Waals surface area contributed by atoms with Gasteiger partial charge in [-0.2, -0.15) is 0 Å². The van der Waals surface area contributed by atoms with E-state index in [9.17, 15) is 14.7 Å². The SMILES string of the molecule is Cc1ccc(C)c(OCCCCC(=O)NCC(C)(O)C(=O)O)c1. The Balaban J connectivity index is 2.21. The molecule has 0 aliphatic rings. The first-order valence-corrected chi connectivity index (χ1v) is 7.65. The molecule has 0 bridgehead atoms. The third-order valence-electron chi connectivity index (χ3n) is 3.49. The Morgan fingerprint density at radius 3 is 2.61 bits per heavy atom. The molecule has 1 amide bonds. The molecule has 0 aliphatic heterocycles. The van der Waals surface area contributed by atoms with Gasteiger partial charge in [-0.15, -0.1) is 0 Å². The van der Waals surface area contributed by atoms with Crippen LogP contribution in [-0.4, -0.2) is 40.8 Å². The number of amides is 1. The number of hydrogen-bond donors (Lipinski definition) is 3. The lowest BCUT2D eigenvalue weighted by Gasteiger charge is -2.18. The van der Waals surface area contributed by atoms with Gasteiger partial charge in [0.25, 0.3) is 0 Å². The van der Waals surface area contributed by atoms with Crippen molar-refractivity contribution in [2.24, 2.45) is 0 Å². The molecule has 0 saturated carbocycles. The second kappa shape index (κ2) is 8.53. The topological polar surface area (TPSA) is 95.9 Å². The molecule has 1 unspecified atom stereocenters. The van der Waals surface area contributed by atoms with E-state index in [4.69, 9.17) is 9.84 Å². The van der Waals surface area contributed by atoms with Gasteiger partial charge in [-0.3, -0.25) is 4.79 Å². The van der Waals surface area contributed by atoms with Gasteiger partial charge in [-0.25, -0.2) is 4.79 Å². The van der Waals surface area contributed by atoms with Crippen molar-refractivity contribution in [3.05, 3.63) is 29.3 Å². The van der Waals surface area contributed by atoms with Gasteiger partial charge in [0.15, 0.2) is 5.60 Å². The summed E-state index contributed by atoms with van der Waals surface area (Å²) < 4.78 is 5.70. The number of aryl methyl sites for hydroxylation is 2. The number of ether oxygens (including phenoxy) is 1. The second-order valence-corrected chi connectivity index (χ2v) is 5.93. The Labute approximate surface area is 136 Å². The maximum absolute atomic E-state index is 11.6. The van der Waals surface area contributed by atoms with Crippen LogP contribution in [-0.2, 0) is 9.59 Å². The zero-order chi connectivity index (χ0) is 17.5. The summed E-state index contributed by atoms with van der Waals surface area (Å²) in [6, 6.07) is 6.01. The van der Waals surface area contributed by atoms with E-state index in [0.717, 1.165) is 30.2 Å². The van der Waals surface area contributed by atoms with E-state index >= 15 is 0 Å². The molecule has 128 valence electrons. The number of benzene rings is 1. The smallest absolute Gasteiger partial charge is 0.337 e. The monoisotopic (exact) mass is 323 g/mol. The molecule has 0 heterocycles. The number of nitrogens with one attached hydrogen (secondary N) is 1. The van der Waals surface area contributed by atoms with Crippen LogP contribution < -0.4 is 10.1 Å². The highest BCUT2D eigenvalue weighted by atomic mass is 16.5. The third-order valence-corrected chi connectivity index (χ3v) is 3.49. The zero-order valence-corrected chi connectivity index (χ0v) is 13.9. The molecular formula is C17H25NO5. The molecule has 0 aliphatic carbocycles. The Morgan fingerprint density at radius 1 is 1.26 bits per heavy atom. The molecule has 0 saturated heterocycles. The lowest BCUT2D eigenvalue weighted by molar-refractivity contribution is -0.156. The summed E-state index contributed by atoms with van der Waals surface area (Å²) >= 11 is 0. The van der Waals surface area contributed by atoms with E-state index < -0.39 is 11.6 Å². The lowest BCUT2D eigenvalue weighted by atomic mass is 10.1. The molecule has 1 rings (SSSR count). The normalized spacial score (nSPS) is 13.2. The summed E-state index contributed by atoms with van der Waals surface area (Å²) in [5.41, 5.74) is 0.265. The van der Waals surface area contributed by atoms with E-state index in [1.165, 1.54) is 0 Å². The molecule has 1 aromatic rings. The summed E-state index contributed by atoms with van der Waals surface area (Å²) in [5, 5.41) is 20.6. The number of carboxylic acids is 1. The number of aliphatic hydroxyl groups is 1. The molecular weight excluding hydrogens is 298 g/mol. The van der Waals surface area contributed by atoms with Crippen LogP contribution in [0, 0.1) is 13.8 Å². The van der Waals surface area contributed by atoms with E-state index in [2.05, 4.69) is 5.32 Å². The Hall–Kier alpha value is -2.08. The first-order chi connectivity index (χ1) is 10.7. The largest absolute Gasteiger partial charge is 0.493 e. The van der Waals surface area contributed by atoms with Gasteiger partial charge in [0.1, 0.15) is 5.75 Å². The average Bonchev–Trinajstić information content (AvgIpc) is 2.48. The van der Waals surface area contributed by atoms with Gasteiger partial charge in [-0.1, -0.05) is 12.1 Å². The maximum Gasteiger partial charge on any atom is 0.337 e. The lowest BCUT2D eigenvalue weighted by Crippen LogP contribution is -2.46. The minimum Gasteiger partial charge on any atom is -0.493 e. The molecule has 1 aromatic carbocycles. The van der Waals surface area contributed by atoms with Crippen molar-refractivity contribution in [2.75, 3.05) is 13.2 Å². The maximum atomic E-state index is 11.6. The summed E-state index contributed by atoms with van der Waals surface area (Å²) in [4.78, 5) is 22.3. The highest BCUT2D eigenvalue weighted by molar-refractivity contribution is 5.80. The number of hydrogen-bond acceptors (Lipinski definition) is 4. The fraction of sp³-hybridized carbons (Fsp3) is 0.529. The van der Waals surface area contributed by atoms with Crippen LogP contribution in [0.3, 0.4) is 0 Å². The molecule has 0 fully saturated rings. The number of aliphatic carboxylic acids is 1. The van der Waals surface area contributed by atoms with Gasteiger partial charge < -0.3 is 20.3 Å². The van der Waals surface area contributed by atoms with E-state index in [-0.39, 0.29) is 18.9 Å². The quantitative estimate of drug-likeness (QED) is 0.602. The Bertz CT molecular complexity index is 554. The summed E-state index contributed by atoms with van der Waals surface area (Å²) in [6.45, 7) is 5.34. The molecule has 0 spiro atoms. The van der Waals surface area contributed by atoms with Crippen LogP contribution in [0.25, 0.3) is 0 Å². The van der Waals surface area contributed by atoms with Crippen LogP contribution in [0.2, 0.25) is 0 Å². The summed E-state index contributed by atoms with van der Waals surface area (Å²) in [7, 11) is 0. The first-order valence-electron chi connectivity index (χ1n) is 7.65. The fourth-order valence-electron chi connectivity index (χ4n) is 1.87. The number of rotatable bonds is 9. The first kappa shape index (κ1) is 19.0. The fourth-order valence-corrected chi connectivity index (χ4v) is 1.87. The predicted molar refractivity (Wildman–Crippen MR) is 86.5 cm³/mol. The second-order valence-electron chi connectivity index (χ2n) is 5.93. The van der Waals surface area contributed by atoms with E-state index in [0.29, 0.717) is 13.0 Å². The molecule has 0 radical (unpaired) electrons. The van der Waals surface area contributed by atoms with E-state index in [1.54, 1.807) is 0 Å². The number of carboxylic acid groups (broad SMARTS) is 1. The van der Waals surface area contributed by atoms with Crippen molar-refractivity contribution in [1.82, 2.24) is 5.32 Å². The number of carbonyl (C=O) groups is 2. The van der Waals surface area contributed by atoms with Crippen molar-refractivity contribution < 1.29 is 24.5 Å². The van der Waals surface area contributed by atoms with Gasteiger partial charge >= 0.3 is 5.97 Å². The molecule has 6 heteroatoms. The highest BCUT2D eigenvalue weighted by Crippen LogP contribution is 2.19. The van der Waals surface area contributed by atoms with Gasteiger partial charge in [-0.05, 0) is 50.8 Å². The highest BCUT2D eigenvalue weighted by Gasteiger charge is 2.30. The van der Waals surface area contributed by atoms with Crippen LogP contribution in [0.5, 0.6) is 5.75 Å². The van der Waals surface area contributed by atoms with Gasteiger partial charge in [0, 0.05) is 6.42 Å². The Morgan fingerprint density at radius 2 is 1.96 bits per heavy atom. The standard InChI is InChI=1S/C17H25NO5/c1-12-7-8-13(2)14(10-12)23-9-5-4-6-15(19)18-11-17(3,22)16(20)21/h7-8,10,22H,4-6,9,11H2,1-3H3,(H,18,19)(H,20,21). The summed E-state index contributed by atoms with van der Waals surface area (Å²) in [5.74, 6) is -0.787. The average molecular weight is 323 g/mol. The third kappa shape index (κ3) is 6.69. The van der Waals surface area contributed by atoms with Crippen molar-refractivity contribution in [1.29, 1.82) is 0 Å². The molecule has 23 heavy (non-hydrogen) atoms. The predicted octanol–water partition coefficient (Wildman–Crippen LogP) is 1.80. The van der Waals surface area contributed by atoms with Crippen molar-refractivity contribution in [3.63, 3.8) is 0 Å². The minimum absolute atomic E-state index is 0.270. The summed E-state index contributed by atoms with van der Waals surface area (Å²) in [6.07, 6.45) is 1.62. The molecule has 3 N–H and O–H groups in total. The van der Waals surface area contributed by atoms with Crippen LogP contribution in [0.1, 0.15) is 37.3 Å². The molecule has 0 aromatic heterocycles. The van der Waals surface area contributed by atoms with Gasteiger partial charge in [0.2, 0.25) is 5.91 Å². The van der Waals surface area contributed by atoms with Crippen molar-refractivity contribution in [2.45, 2.75) is 45.6 Å². The van der Waals surface area contributed by atoms with Crippen LogP contribution >= 0.6 is 0 Å².